The second-order valence-corrected chi connectivity index (χ2v) is 4.28. The van der Waals surface area contributed by atoms with Gasteiger partial charge in [-0.2, -0.15) is 5.10 Å². The zero-order valence-corrected chi connectivity index (χ0v) is 9.50. The van der Waals surface area contributed by atoms with E-state index in [1.54, 1.807) is 0 Å². The minimum absolute atomic E-state index is 0.561. The first-order chi connectivity index (χ1) is 7.90. The van der Waals surface area contributed by atoms with Gasteiger partial charge in [0, 0.05) is 5.92 Å². The van der Waals surface area contributed by atoms with E-state index in [4.69, 9.17) is 6.42 Å². The summed E-state index contributed by atoms with van der Waals surface area (Å²) in [5.41, 5.74) is 0. The average Bonchev–Trinajstić information content (AvgIpc) is 2.79. The molecular weight excluding hydrogens is 200 g/mol. The van der Waals surface area contributed by atoms with Crippen molar-refractivity contribution in [3.05, 3.63) is 11.6 Å². The summed E-state index contributed by atoms with van der Waals surface area (Å²) >= 11 is 0. The van der Waals surface area contributed by atoms with Crippen molar-refractivity contribution < 1.29 is 0 Å². The van der Waals surface area contributed by atoms with E-state index in [2.05, 4.69) is 26.4 Å². The fourth-order valence-corrected chi connectivity index (χ4v) is 2.19. The number of terminal acetylenes is 1. The average molecular weight is 218 g/mol. The SMILES string of the molecule is C#CCNCc1nc(C2CCCCC2)n[nH]1. The van der Waals surface area contributed by atoms with E-state index in [9.17, 15) is 0 Å². The molecule has 1 saturated carbocycles. The molecule has 1 aliphatic rings. The van der Waals surface area contributed by atoms with Gasteiger partial charge in [0.25, 0.3) is 0 Å². The van der Waals surface area contributed by atoms with Crippen LogP contribution in [-0.4, -0.2) is 21.7 Å². The van der Waals surface area contributed by atoms with Gasteiger partial charge in [-0.25, -0.2) is 4.98 Å². The monoisotopic (exact) mass is 218 g/mol. The van der Waals surface area contributed by atoms with Gasteiger partial charge < -0.3 is 0 Å². The van der Waals surface area contributed by atoms with Gasteiger partial charge in [0.15, 0.2) is 5.82 Å². The normalized spacial score (nSPS) is 17.2. The van der Waals surface area contributed by atoms with Crippen molar-refractivity contribution in [2.45, 2.75) is 44.6 Å². The molecule has 16 heavy (non-hydrogen) atoms. The molecule has 0 amide bonds. The third-order valence-corrected chi connectivity index (χ3v) is 3.04. The zero-order chi connectivity index (χ0) is 11.2. The summed E-state index contributed by atoms with van der Waals surface area (Å²) in [6.07, 6.45) is 11.6. The fraction of sp³-hybridized carbons (Fsp3) is 0.667. The Morgan fingerprint density at radius 3 is 2.94 bits per heavy atom. The van der Waals surface area contributed by atoms with E-state index in [0.717, 1.165) is 11.6 Å². The summed E-state index contributed by atoms with van der Waals surface area (Å²) in [7, 11) is 0. The Labute approximate surface area is 96.2 Å². The zero-order valence-electron chi connectivity index (χ0n) is 9.50. The van der Waals surface area contributed by atoms with Gasteiger partial charge in [-0.05, 0) is 12.8 Å². The number of hydrogen-bond donors (Lipinski definition) is 2. The van der Waals surface area contributed by atoms with Gasteiger partial charge >= 0.3 is 0 Å². The number of nitrogens with zero attached hydrogens (tertiary/aromatic N) is 2. The molecule has 0 aromatic carbocycles. The molecule has 0 saturated heterocycles. The second-order valence-electron chi connectivity index (χ2n) is 4.28. The highest BCUT2D eigenvalue weighted by Gasteiger charge is 2.19. The number of aromatic nitrogens is 3. The van der Waals surface area contributed by atoms with Crippen LogP contribution in [0.25, 0.3) is 0 Å². The molecule has 0 aliphatic heterocycles. The molecule has 0 bridgehead atoms. The molecule has 1 fully saturated rings. The van der Waals surface area contributed by atoms with E-state index < -0.39 is 0 Å². The topological polar surface area (TPSA) is 53.6 Å². The summed E-state index contributed by atoms with van der Waals surface area (Å²) in [5, 5.41) is 10.4. The smallest absolute Gasteiger partial charge is 0.153 e. The Balaban J connectivity index is 1.88. The van der Waals surface area contributed by atoms with E-state index in [1.807, 2.05) is 0 Å². The van der Waals surface area contributed by atoms with Crippen LogP contribution < -0.4 is 5.32 Å². The minimum atomic E-state index is 0.561. The van der Waals surface area contributed by atoms with Crippen molar-refractivity contribution in [1.29, 1.82) is 0 Å². The molecule has 1 aromatic rings. The van der Waals surface area contributed by atoms with Crippen LogP contribution in [0.3, 0.4) is 0 Å². The van der Waals surface area contributed by atoms with Crippen LogP contribution in [0.15, 0.2) is 0 Å². The van der Waals surface area contributed by atoms with Crippen molar-refractivity contribution in [1.82, 2.24) is 20.5 Å². The Morgan fingerprint density at radius 1 is 1.38 bits per heavy atom. The predicted octanol–water partition coefficient (Wildman–Crippen LogP) is 1.58. The molecule has 0 radical (unpaired) electrons. The van der Waals surface area contributed by atoms with Crippen molar-refractivity contribution in [3.63, 3.8) is 0 Å². The molecule has 0 unspecified atom stereocenters. The first-order valence-corrected chi connectivity index (χ1v) is 5.95. The van der Waals surface area contributed by atoms with Crippen molar-refractivity contribution in [2.24, 2.45) is 0 Å². The van der Waals surface area contributed by atoms with Gasteiger partial charge in [-0.15, -0.1) is 6.42 Å². The van der Waals surface area contributed by atoms with E-state index in [0.29, 0.717) is 19.0 Å². The summed E-state index contributed by atoms with van der Waals surface area (Å²) in [5.74, 6) is 4.96. The molecule has 1 aromatic heterocycles. The largest absolute Gasteiger partial charge is 0.299 e. The minimum Gasteiger partial charge on any atom is -0.299 e. The van der Waals surface area contributed by atoms with Crippen LogP contribution in [0, 0.1) is 12.3 Å². The molecule has 1 heterocycles. The third-order valence-electron chi connectivity index (χ3n) is 3.04. The summed E-state index contributed by atoms with van der Waals surface area (Å²) in [4.78, 5) is 4.51. The first kappa shape index (κ1) is 11.2. The van der Waals surface area contributed by atoms with Crippen molar-refractivity contribution >= 4 is 0 Å². The van der Waals surface area contributed by atoms with Crippen LogP contribution in [0.5, 0.6) is 0 Å². The Morgan fingerprint density at radius 2 is 2.19 bits per heavy atom. The van der Waals surface area contributed by atoms with Crippen molar-refractivity contribution in [2.75, 3.05) is 6.54 Å². The first-order valence-electron chi connectivity index (χ1n) is 5.95. The maximum Gasteiger partial charge on any atom is 0.153 e. The number of hydrogen-bond acceptors (Lipinski definition) is 3. The summed E-state index contributed by atoms with van der Waals surface area (Å²) in [6.45, 7) is 1.24. The number of rotatable bonds is 4. The maximum atomic E-state index is 5.16. The van der Waals surface area contributed by atoms with Crippen LogP contribution in [0.2, 0.25) is 0 Å². The van der Waals surface area contributed by atoms with Gasteiger partial charge in [-0.1, -0.05) is 25.2 Å². The lowest BCUT2D eigenvalue weighted by atomic mass is 9.89. The highest BCUT2D eigenvalue weighted by molar-refractivity contribution is 4.99. The second kappa shape index (κ2) is 5.66. The van der Waals surface area contributed by atoms with Gasteiger partial charge in [0.1, 0.15) is 5.82 Å². The quantitative estimate of drug-likeness (QED) is 0.596. The van der Waals surface area contributed by atoms with Crippen LogP contribution in [0.1, 0.15) is 49.7 Å². The van der Waals surface area contributed by atoms with Gasteiger partial charge in [0.05, 0.1) is 13.1 Å². The molecule has 4 heteroatoms. The number of aromatic amines is 1. The number of H-pyrrole nitrogens is 1. The molecule has 0 atom stereocenters. The summed E-state index contributed by atoms with van der Waals surface area (Å²) in [6, 6.07) is 0. The van der Waals surface area contributed by atoms with Crippen LogP contribution in [-0.2, 0) is 6.54 Å². The van der Waals surface area contributed by atoms with Gasteiger partial charge in [0.2, 0.25) is 0 Å². The molecular formula is C12H18N4. The highest BCUT2D eigenvalue weighted by Crippen LogP contribution is 2.30. The molecule has 2 N–H and O–H groups in total. The summed E-state index contributed by atoms with van der Waals surface area (Å²) < 4.78 is 0. The lowest BCUT2D eigenvalue weighted by molar-refractivity contribution is 0.429. The number of nitrogens with one attached hydrogen (secondary N) is 2. The molecule has 86 valence electrons. The molecule has 4 nitrogen and oxygen atoms in total. The molecule has 2 rings (SSSR count). The standard InChI is InChI=1S/C12H18N4/c1-2-8-13-9-11-14-12(16-15-11)10-6-4-3-5-7-10/h1,10,13H,3-9H2,(H,14,15,16). The lowest BCUT2D eigenvalue weighted by Gasteiger charge is -2.17. The molecule has 0 spiro atoms. The van der Waals surface area contributed by atoms with Crippen LogP contribution >= 0.6 is 0 Å². The van der Waals surface area contributed by atoms with Crippen LogP contribution in [0.4, 0.5) is 0 Å². The predicted molar refractivity (Wildman–Crippen MR) is 62.7 cm³/mol. The Kier molecular flexibility index (Phi) is 3.95. The van der Waals surface area contributed by atoms with Gasteiger partial charge in [-0.3, -0.25) is 10.4 Å². The van der Waals surface area contributed by atoms with E-state index in [1.165, 1.54) is 32.1 Å². The lowest BCUT2D eigenvalue weighted by Crippen LogP contribution is -2.14. The highest BCUT2D eigenvalue weighted by atomic mass is 15.2. The van der Waals surface area contributed by atoms with Crippen molar-refractivity contribution in [3.8, 4) is 12.3 Å². The van der Waals surface area contributed by atoms with E-state index >= 15 is 0 Å². The maximum absolute atomic E-state index is 5.16. The Bertz CT molecular complexity index is 357. The molecule has 1 aliphatic carbocycles. The van der Waals surface area contributed by atoms with E-state index in [-0.39, 0.29) is 0 Å². The fourth-order valence-electron chi connectivity index (χ4n) is 2.19. The third kappa shape index (κ3) is 2.83. The Hall–Kier alpha value is -1.34.